The number of hydrogen-bond acceptors (Lipinski definition) is 9. The monoisotopic (exact) mass is 699 g/mol. The number of unbranched alkanes of at least 4 members (excludes halogenated alkanes) is 1. The van der Waals surface area contributed by atoms with E-state index < -0.39 is 11.7 Å². The number of nitrogens with two attached hydrogens (primary N) is 1. The number of piperidine rings is 1. The second-order valence-corrected chi connectivity index (χ2v) is 14.4. The molecule has 0 atom stereocenters. The van der Waals surface area contributed by atoms with Crippen LogP contribution in [-0.2, 0) is 45.0 Å². The van der Waals surface area contributed by atoms with Crippen LogP contribution in [0.5, 0.6) is 0 Å². The number of para-hydroxylation sites is 1. The number of nitrogens with one attached hydrogen (secondary N) is 1. The normalized spacial score (nSPS) is 14.1. The third kappa shape index (κ3) is 10.2. The highest BCUT2D eigenvalue weighted by Crippen LogP contribution is 2.29. The maximum atomic E-state index is 14.0. The third-order valence-corrected chi connectivity index (χ3v) is 9.25. The van der Waals surface area contributed by atoms with Gasteiger partial charge >= 0.3 is 12.1 Å². The number of imidazole rings is 1. The number of nitrogens with zero attached hydrogens (tertiary/aromatic N) is 5. The van der Waals surface area contributed by atoms with E-state index in [1.807, 2.05) is 68.1 Å². The number of carbonyl (C=O) groups excluding carboxylic acids is 3. The standard InChI is InChI=1S/C39H53N7O5/c1-6-7-13-32-43-35-36(30-11-8-9-12-31(30)42-37(35)40)46(32)21-10-20-45(25-28-16-14-27(15-17-28)24-34(48)50-5)33(47)26-44-22-18-29(19-23-44)41-38(49)51-39(2,3)4/h8-9,11-12,14-17,29H,6-7,10,13,18-26H2,1-5H3,(H2,40,42)(H,41,49). The topological polar surface area (TPSA) is 145 Å². The number of ether oxygens (including phenoxy) is 2. The number of pyridine rings is 1. The van der Waals surface area contributed by atoms with Crippen molar-refractivity contribution in [2.75, 3.05) is 39.0 Å². The number of esters is 1. The smallest absolute Gasteiger partial charge is 0.407 e. The number of hydrogen-bond donors (Lipinski definition) is 2. The number of benzene rings is 2. The van der Waals surface area contributed by atoms with Gasteiger partial charge in [0.05, 0.1) is 31.1 Å². The van der Waals surface area contributed by atoms with Gasteiger partial charge in [0.15, 0.2) is 5.82 Å². The highest BCUT2D eigenvalue weighted by molar-refractivity contribution is 6.06. The molecule has 0 spiro atoms. The molecule has 2 aromatic carbocycles. The fraction of sp³-hybridized carbons (Fsp3) is 0.513. The molecule has 1 fully saturated rings. The molecule has 1 aliphatic rings. The van der Waals surface area contributed by atoms with Crippen molar-refractivity contribution < 1.29 is 23.9 Å². The van der Waals surface area contributed by atoms with Gasteiger partial charge in [0, 0.05) is 50.6 Å². The van der Waals surface area contributed by atoms with Gasteiger partial charge in [0.2, 0.25) is 5.91 Å². The zero-order valence-electron chi connectivity index (χ0n) is 30.7. The lowest BCUT2D eigenvalue weighted by molar-refractivity contribution is -0.139. The predicted octanol–water partition coefficient (Wildman–Crippen LogP) is 5.63. The Hall–Kier alpha value is -4.71. The molecule has 0 bridgehead atoms. The Labute approximate surface area is 300 Å². The molecule has 4 aromatic rings. The summed E-state index contributed by atoms with van der Waals surface area (Å²) in [5, 5.41) is 3.99. The van der Waals surface area contributed by atoms with Crippen molar-refractivity contribution in [1.82, 2.24) is 29.7 Å². The molecule has 3 heterocycles. The Morgan fingerprint density at radius 2 is 1.71 bits per heavy atom. The van der Waals surface area contributed by atoms with Crippen LogP contribution in [0.25, 0.3) is 21.9 Å². The van der Waals surface area contributed by atoms with Gasteiger partial charge in [-0.05, 0) is 63.6 Å². The fourth-order valence-electron chi connectivity index (χ4n) is 6.61. The van der Waals surface area contributed by atoms with Gasteiger partial charge in [-0.25, -0.2) is 14.8 Å². The van der Waals surface area contributed by atoms with Crippen molar-refractivity contribution in [2.45, 2.75) is 97.4 Å². The van der Waals surface area contributed by atoms with Crippen molar-refractivity contribution >= 4 is 45.7 Å². The first-order valence-electron chi connectivity index (χ1n) is 18.1. The lowest BCUT2D eigenvalue weighted by atomic mass is 10.1. The van der Waals surface area contributed by atoms with Gasteiger partial charge < -0.3 is 30.0 Å². The third-order valence-electron chi connectivity index (χ3n) is 9.25. The molecule has 2 aromatic heterocycles. The number of aromatic nitrogens is 3. The van der Waals surface area contributed by atoms with Crippen LogP contribution in [0.3, 0.4) is 0 Å². The van der Waals surface area contributed by atoms with Crippen molar-refractivity contribution in [2.24, 2.45) is 0 Å². The largest absolute Gasteiger partial charge is 0.469 e. The molecule has 5 rings (SSSR count). The number of methoxy groups -OCH3 is 1. The summed E-state index contributed by atoms with van der Waals surface area (Å²) in [4.78, 5) is 51.8. The zero-order chi connectivity index (χ0) is 36.5. The SMILES string of the molecule is CCCCc1nc2c(N)nc3ccccc3c2n1CCCN(Cc1ccc(CC(=O)OC)cc1)C(=O)CN1CCC(NC(=O)OC(C)(C)C)CC1. The van der Waals surface area contributed by atoms with E-state index in [0.29, 0.717) is 45.1 Å². The number of carbonyl (C=O) groups is 3. The van der Waals surface area contributed by atoms with E-state index in [4.69, 9.17) is 20.2 Å². The first kappa shape index (κ1) is 37.5. The maximum absolute atomic E-state index is 14.0. The molecule has 0 radical (unpaired) electrons. The van der Waals surface area contributed by atoms with Crippen LogP contribution < -0.4 is 11.1 Å². The quantitative estimate of drug-likeness (QED) is 0.160. The van der Waals surface area contributed by atoms with Crippen LogP contribution in [0.4, 0.5) is 10.6 Å². The minimum atomic E-state index is -0.553. The number of amides is 2. The molecule has 274 valence electrons. The van der Waals surface area contributed by atoms with Crippen molar-refractivity contribution in [3.63, 3.8) is 0 Å². The van der Waals surface area contributed by atoms with Crippen molar-refractivity contribution in [3.8, 4) is 0 Å². The lowest BCUT2D eigenvalue weighted by Gasteiger charge is -2.34. The van der Waals surface area contributed by atoms with E-state index in [9.17, 15) is 14.4 Å². The van der Waals surface area contributed by atoms with Gasteiger partial charge in [-0.3, -0.25) is 14.5 Å². The van der Waals surface area contributed by atoms with Crippen molar-refractivity contribution in [3.05, 3.63) is 65.5 Å². The first-order chi connectivity index (χ1) is 24.4. The molecule has 12 nitrogen and oxygen atoms in total. The number of nitrogen functional groups attached to an aromatic ring is 1. The first-order valence-corrected chi connectivity index (χ1v) is 18.1. The van der Waals surface area contributed by atoms with Crippen LogP contribution >= 0.6 is 0 Å². The summed E-state index contributed by atoms with van der Waals surface area (Å²) in [7, 11) is 1.38. The second kappa shape index (κ2) is 17.0. The predicted molar refractivity (Wildman–Crippen MR) is 199 cm³/mol. The lowest BCUT2D eigenvalue weighted by Crippen LogP contribution is -2.48. The summed E-state index contributed by atoms with van der Waals surface area (Å²) in [6, 6.07) is 15.8. The van der Waals surface area contributed by atoms with E-state index >= 15 is 0 Å². The van der Waals surface area contributed by atoms with Crippen molar-refractivity contribution in [1.29, 1.82) is 0 Å². The number of aryl methyl sites for hydroxylation is 2. The summed E-state index contributed by atoms with van der Waals surface area (Å²) >= 11 is 0. The molecule has 0 saturated carbocycles. The zero-order valence-corrected chi connectivity index (χ0v) is 30.7. The highest BCUT2D eigenvalue weighted by atomic mass is 16.6. The summed E-state index contributed by atoms with van der Waals surface area (Å²) in [5.41, 5.74) is 10.3. The van der Waals surface area contributed by atoms with E-state index in [1.54, 1.807) is 0 Å². The van der Waals surface area contributed by atoms with Gasteiger partial charge in [-0.1, -0.05) is 55.8 Å². The van der Waals surface area contributed by atoms with Gasteiger partial charge in [-0.15, -0.1) is 0 Å². The van der Waals surface area contributed by atoms with E-state index in [0.717, 1.165) is 77.4 Å². The van der Waals surface area contributed by atoms with E-state index in [1.165, 1.54) is 7.11 Å². The molecule has 3 N–H and O–H groups in total. The summed E-state index contributed by atoms with van der Waals surface area (Å²) in [6.07, 6.45) is 4.89. The Balaban J connectivity index is 1.30. The molecule has 51 heavy (non-hydrogen) atoms. The number of rotatable bonds is 14. The Morgan fingerprint density at radius 3 is 2.39 bits per heavy atom. The fourth-order valence-corrected chi connectivity index (χ4v) is 6.61. The number of likely N-dealkylation sites (tertiary alicyclic amines) is 1. The van der Waals surface area contributed by atoms with Crippen LogP contribution in [-0.4, -0.2) is 87.2 Å². The maximum Gasteiger partial charge on any atom is 0.407 e. The minimum absolute atomic E-state index is 0.0121. The number of anilines is 1. The Morgan fingerprint density at radius 1 is 1.00 bits per heavy atom. The molecule has 1 saturated heterocycles. The summed E-state index contributed by atoms with van der Waals surface area (Å²) in [5.74, 6) is 1.17. The van der Waals surface area contributed by atoms with Gasteiger partial charge in [-0.2, -0.15) is 0 Å². The van der Waals surface area contributed by atoms with Crippen LogP contribution in [0.2, 0.25) is 0 Å². The van der Waals surface area contributed by atoms with E-state index in [-0.39, 0.29) is 24.3 Å². The van der Waals surface area contributed by atoms with Crippen LogP contribution in [0, 0.1) is 0 Å². The Kier molecular flexibility index (Phi) is 12.5. The molecule has 2 amide bonds. The summed E-state index contributed by atoms with van der Waals surface area (Å²) < 4.78 is 12.5. The minimum Gasteiger partial charge on any atom is -0.469 e. The summed E-state index contributed by atoms with van der Waals surface area (Å²) in [6.45, 7) is 11.1. The van der Waals surface area contributed by atoms with E-state index in [2.05, 4.69) is 32.8 Å². The highest BCUT2D eigenvalue weighted by Gasteiger charge is 2.26. The molecule has 12 heteroatoms. The molecular weight excluding hydrogens is 646 g/mol. The van der Waals surface area contributed by atoms with Crippen LogP contribution in [0.1, 0.15) is 76.8 Å². The van der Waals surface area contributed by atoms with Crippen LogP contribution in [0.15, 0.2) is 48.5 Å². The molecule has 1 aliphatic heterocycles. The molecule has 0 aliphatic carbocycles. The van der Waals surface area contributed by atoms with Gasteiger partial charge in [0.25, 0.3) is 0 Å². The number of alkyl carbamates (subject to hydrolysis) is 1. The molecular formula is C39H53N7O5. The number of fused-ring (bicyclic) bond motifs is 3. The average molecular weight is 700 g/mol. The van der Waals surface area contributed by atoms with Gasteiger partial charge in [0.1, 0.15) is 16.9 Å². The Bertz CT molecular complexity index is 1810. The molecule has 0 unspecified atom stereocenters. The second-order valence-electron chi connectivity index (χ2n) is 14.4. The average Bonchev–Trinajstić information content (AvgIpc) is 3.46.